The largest absolute Gasteiger partial charge is 0.493 e. The first-order valence-corrected chi connectivity index (χ1v) is 6.80. The second-order valence-electron chi connectivity index (χ2n) is 4.63. The number of aliphatic hydroxyl groups is 2. The molecule has 112 valence electrons. The number of benzene rings is 1. The molecule has 0 atom stereocenters. The van der Waals surface area contributed by atoms with Crippen molar-refractivity contribution in [3.05, 3.63) is 59.2 Å². The molecule has 0 aliphatic carbocycles. The van der Waals surface area contributed by atoms with Crippen LogP contribution in [0.25, 0.3) is 17.1 Å². The normalized spacial score (nSPS) is 11.1. The fourth-order valence-corrected chi connectivity index (χ4v) is 2.14. The molecule has 3 aromatic rings. The Kier molecular flexibility index (Phi) is 3.81. The van der Waals surface area contributed by atoms with Gasteiger partial charge >= 0.3 is 0 Å². The molecule has 0 spiro atoms. The van der Waals surface area contributed by atoms with Gasteiger partial charge in [-0.25, -0.2) is 4.98 Å². The van der Waals surface area contributed by atoms with Crippen molar-refractivity contribution < 1.29 is 15.3 Å². The van der Waals surface area contributed by atoms with Crippen LogP contribution in [0.2, 0.25) is 5.02 Å². The molecule has 0 saturated carbocycles. The minimum Gasteiger partial charge on any atom is -0.493 e. The van der Waals surface area contributed by atoms with Gasteiger partial charge in [0.05, 0.1) is 5.69 Å². The molecule has 0 saturated heterocycles. The summed E-state index contributed by atoms with van der Waals surface area (Å²) in [5.41, 5.74) is 1.59. The third kappa shape index (κ3) is 2.80. The maximum absolute atomic E-state index is 10.0. The summed E-state index contributed by atoms with van der Waals surface area (Å²) in [6, 6.07) is 11.4. The van der Waals surface area contributed by atoms with Gasteiger partial charge in [-0.3, -0.25) is 0 Å². The van der Waals surface area contributed by atoms with Crippen molar-refractivity contribution in [2.45, 2.75) is 6.29 Å². The van der Waals surface area contributed by atoms with Crippen LogP contribution >= 0.6 is 11.6 Å². The highest BCUT2D eigenvalue weighted by Crippen LogP contribution is 2.26. The van der Waals surface area contributed by atoms with E-state index in [2.05, 4.69) is 10.1 Å². The number of halogens is 1. The topological polar surface area (TPSA) is 91.4 Å². The smallest absolute Gasteiger partial charge is 0.216 e. The van der Waals surface area contributed by atoms with Crippen LogP contribution in [0, 0.1) is 0 Å². The molecule has 6 nitrogen and oxygen atoms in total. The lowest BCUT2D eigenvalue weighted by Crippen LogP contribution is -2.02. The molecule has 1 aromatic carbocycles. The predicted molar refractivity (Wildman–Crippen MR) is 80.6 cm³/mol. The minimum atomic E-state index is -1.62. The number of aromatic nitrogens is 3. The lowest BCUT2D eigenvalue weighted by atomic mass is 10.2. The number of hydrogen-bond acceptors (Lipinski definition) is 5. The molecule has 0 aliphatic heterocycles. The Morgan fingerprint density at radius 3 is 2.45 bits per heavy atom. The Morgan fingerprint density at radius 1 is 1.05 bits per heavy atom. The first kappa shape index (κ1) is 14.5. The van der Waals surface area contributed by atoms with Crippen LogP contribution in [-0.2, 0) is 0 Å². The van der Waals surface area contributed by atoms with Crippen LogP contribution in [0.1, 0.15) is 11.9 Å². The average molecular weight is 318 g/mol. The molecular weight excluding hydrogens is 306 g/mol. The quantitative estimate of drug-likeness (QED) is 0.645. The summed E-state index contributed by atoms with van der Waals surface area (Å²) >= 11 is 5.85. The van der Waals surface area contributed by atoms with Crippen molar-refractivity contribution >= 4 is 11.6 Å². The highest BCUT2D eigenvalue weighted by Gasteiger charge is 2.13. The molecule has 0 aliphatic rings. The van der Waals surface area contributed by atoms with Gasteiger partial charge in [-0.1, -0.05) is 23.7 Å². The first-order chi connectivity index (χ1) is 10.5. The van der Waals surface area contributed by atoms with Crippen molar-refractivity contribution in [3.63, 3.8) is 0 Å². The van der Waals surface area contributed by atoms with Crippen molar-refractivity contribution in [1.82, 2.24) is 14.8 Å². The number of aliphatic hydroxyl groups excluding tert-OH is 1. The second-order valence-corrected chi connectivity index (χ2v) is 5.06. The SMILES string of the molecule is Oc1cc(-c2ccc(Cl)cc2)nn1-c1cc(C(O)O)ccn1. The molecule has 0 unspecified atom stereocenters. The van der Waals surface area contributed by atoms with Crippen molar-refractivity contribution in [2.24, 2.45) is 0 Å². The van der Waals surface area contributed by atoms with E-state index in [4.69, 9.17) is 11.6 Å². The lowest BCUT2D eigenvalue weighted by Gasteiger charge is -2.06. The molecule has 0 bridgehead atoms. The van der Waals surface area contributed by atoms with Gasteiger partial charge in [-0.2, -0.15) is 9.78 Å². The maximum Gasteiger partial charge on any atom is 0.216 e. The van der Waals surface area contributed by atoms with Gasteiger partial charge in [0.15, 0.2) is 12.1 Å². The molecule has 3 N–H and O–H groups in total. The highest BCUT2D eigenvalue weighted by molar-refractivity contribution is 6.30. The van der Waals surface area contributed by atoms with E-state index in [0.717, 1.165) is 5.56 Å². The highest BCUT2D eigenvalue weighted by atomic mass is 35.5. The Hall–Kier alpha value is -2.41. The van der Waals surface area contributed by atoms with Crippen molar-refractivity contribution in [1.29, 1.82) is 0 Å². The summed E-state index contributed by atoms with van der Waals surface area (Å²) in [5, 5.41) is 33.3. The van der Waals surface area contributed by atoms with E-state index in [0.29, 0.717) is 10.7 Å². The zero-order valence-electron chi connectivity index (χ0n) is 11.3. The Labute approximate surface area is 130 Å². The Bertz CT molecular complexity index is 800. The van der Waals surface area contributed by atoms with E-state index in [9.17, 15) is 15.3 Å². The fraction of sp³-hybridized carbons (Fsp3) is 0.0667. The molecule has 7 heteroatoms. The molecule has 3 rings (SSSR count). The maximum atomic E-state index is 10.0. The van der Waals surface area contributed by atoms with Crippen LogP contribution in [0.15, 0.2) is 48.7 Å². The molecule has 2 heterocycles. The molecular formula is C15H12ClN3O3. The van der Waals surface area contributed by atoms with E-state index in [-0.39, 0.29) is 17.3 Å². The van der Waals surface area contributed by atoms with E-state index in [1.54, 1.807) is 24.3 Å². The number of hydrogen-bond donors (Lipinski definition) is 3. The standard InChI is InChI=1S/C15H12ClN3O3/c16-11-3-1-9(2-4-11)12-8-14(20)19(18-12)13-7-10(15(21)22)5-6-17-13/h1-8,15,20-22H. The molecule has 0 amide bonds. The van der Waals surface area contributed by atoms with Crippen molar-refractivity contribution in [3.8, 4) is 23.0 Å². The molecule has 2 aromatic heterocycles. The summed E-state index contributed by atoms with van der Waals surface area (Å²) in [7, 11) is 0. The summed E-state index contributed by atoms with van der Waals surface area (Å²) in [4.78, 5) is 4.07. The summed E-state index contributed by atoms with van der Waals surface area (Å²) in [6.45, 7) is 0. The first-order valence-electron chi connectivity index (χ1n) is 6.42. The van der Waals surface area contributed by atoms with Crippen LogP contribution in [0.5, 0.6) is 5.88 Å². The third-order valence-electron chi connectivity index (χ3n) is 3.12. The Balaban J connectivity index is 2.02. The third-order valence-corrected chi connectivity index (χ3v) is 3.37. The molecule has 0 radical (unpaired) electrons. The van der Waals surface area contributed by atoms with Gasteiger partial charge in [-0.15, -0.1) is 0 Å². The number of nitrogens with zero attached hydrogens (tertiary/aromatic N) is 3. The lowest BCUT2D eigenvalue weighted by molar-refractivity contribution is -0.0425. The minimum absolute atomic E-state index is 0.109. The van der Waals surface area contributed by atoms with Gasteiger partial charge in [0, 0.05) is 28.4 Å². The van der Waals surface area contributed by atoms with Gasteiger partial charge in [0.1, 0.15) is 0 Å². The van der Waals surface area contributed by atoms with Gasteiger partial charge in [-0.05, 0) is 24.3 Å². The zero-order valence-corrected chi connectivity index (χ0v) is 12.0. The molecule has 0 fully saturated rings. The average Bonchev–Trinajstić information content (AvgIpc) is 2.90. The molecule has 22 heavy (non-hydrogen) atoms. The van der Waals surface area contributed by atoms with E-state index in [1.165, 1.54) is 29.1 Å². The van der Waals surface area contributed by atoms with E-state index >= 15 is 0 Å². The van der Waals surface area contributed by atoms with Crippen LogP contribution in [-0.4, -0.2) is 30.1 Å². The van der Waals surface area contributed by atoms with Gasteiger partial charge < -0.3 is 15.3 Å². The van der Waals surface area contributed by atoms with Crippen molar-refractivity contribution in [2.75, 3.05) is 0 Å². The predicted octanol–water partition coefficient (Wildman–Crippen LogP) is 2.28. The van der Waals surface area contributed by atoms with E-state index < -0.39 is 6.29 Å². The fourth-order valence-electron chi connectivity index (χ4n) is 2.01. The van der Waals surface area contributed by atoms with Gasteiger partial charge in [0.25, 0.3) is 0 Å². The van der Waals surface area contributed by atoms with Crippen LogP contribution in [0.4, 0.5) is 0 Å². The summed E-state index contributed by atoms with van der Waals surface area (Å²) < 4.78 is 1.22. The zero-order chi connectivity index (χ0) is 15.7. The van der Waals surface area contributed by atoms with Crippen LogP contribution < -0.4 is 0 Å². The summed E-state index contributed by atoms with van der Waals surface area (Å²) in [6.07, 6.45) is -0.206. The number of pyridine rings is 1. The van der Waals surface area contributed by atoms with Gasteiger partial charge in [0.2, 0.25) is 5.88 Å². The van der Waals surface area contributed by atoms with E-state index in [1.807, 2.05) is 0 Å². The number of aromatic hydroxyl groups is 1. The second kappa shape index (κ2) is 5.76. The summed E-state index contributed by atoms with van der Waals surface area (Å²) in [5.74, 6) is 0.172. The monoisotopic (exact) mass is 317 g/mol. The Morgan fingerprint density at radius 2 is 1.77 bits per heavy atom. The number of rotatable bonds is 3. The van der Waals surface area contributed by atoms with Crippen LogP contribution in [0.3, 0.4) is 0 Å².